The first-order valence-corrected chi connectivity index (χ1v) is 8.17. The number of thiazole rings is 1. The van der Waals surface area contributed by atoms with Crippen molar-refractivity contribution in [2.45, 2.75) is 19.4 Å². The fraction of sp³-hybridized carbons (Fsp3) is 0.462. The Kier molecular flexibility index (Phi) is 3.53. The van der Waals surface area contributed by atoms with Gasteiger partial charge in [0.05, 0.1) is 18.8 Å². The van der Waals surface area contributed by atoms with Gasteiger partial charge in [-0.3, -0.25) is 0 Å². The molecule has 3 aliphatic rings. The molecule has 0 aliphatic carbocycles. The van der Waals surface area contributed by atoms with Crippen molar-refractivity contribution in [3.05, 3.63) is 28.2 Å². The number of hydrogen-bond donors (Lipinski definition) is 2. The molecule has 1 saturated heterocycles. The van der Waals surface area contributed by atoms with E-state index < -0.39 is 0 Å². The first-order valence-electron chi connectivity index (χ1n) is 7.29. The average Bonchev–Trinajstić information content (AvgIpc) is 3.23. The molecule has 1 unspecified atom stereocenters. The zero-order valence-corrected chi connectivity index (χ0v) is 13.0. The molecule has 22 heavy (non-hydrogen) atoms. The average molecular weight is 319 g/mol. The summed E-state index contributed by atoms with van der Waals surface area (Å²) in [4.78, 5) is 6.86. The highest BCUT2D eigenvalue weighted by Crippen LogP contribution is 2.26. The van der Waals surface area contributed by atoms with Crippen molar-refractivity contribution in [2.24, 2.45) is 10.2 Å². The summed E-state index contributed by atoms with van der Waals surface area (Å²) in [6.07, 6.45) is 4.87. The van der Waals surface area contributed by atoms with Crippen molar-refractivity contribution >= 4 is 23.0 Å². The molecule has 0 bridgehead atoms. The maximum Gasteiger partial charge on any atom is 0.189 e. The van der Waals surface area contributed by atoms with Crippen LogP contribution in [0.2, 0.25) is 0 Å². The van der Waals surface area contributed by atoms with Crippen LogP contribution in [0.25, 0.3) is 0 Å². The van der Waals surface area contributed by atoms with Crippen LogP contribution < -0.4 is 11.1 Å². The van der Waals surface area contributed by atoms with Crippen molar-refractivity contribution in [3.63, 3.8) is 0 Å². The number of ether oxygens (including phenoxy) is 1. The Labute approximate surface area is 132 Å². The molecule has 4 heterocycles. The van der Waals surface area contributed by atoms with E-state index in [0.717, 1.165) is 41.9 Å². The van der Waals surface area contributed by atoms with E-state index in [1.807, 2.05) is 12.2 Å². The number of hydrazone groups is 2. The normalized spacial score (nSPS) is 24.0. The Hall–Kier alpha value is -1.97. The third kappa shape index (κ3) is 2.47. The zero-order chi connectivity index (χ0) is 14.9. The molecule has 116 valence electrons. The van der Waals surface area contributed by atoms with E-state index in [-0.39, 0.29) is 6.10 Å². The molecule has 1 atom stereocenters. The number of aromatic nitrogens is 1. The lowest BCUT2D eigenvalue weighted by Crippen LogP contribution is -2.46. The van der Waals surface area contributed by atoms with Gasteiger partial charge in [0.2, 0.25) is 0 Å². The van der Waals surface area contributed by atoms with Gasteiger partial charge in [-0.2, -0.15) is 5.12 Å². The van der Waals surface area contributed by atoms with Gasteiger partial charge in [0, 0.05) is 11.9 Å². The van der Waals surface area contributed by atoms with E-state index in [9.17, 15) is 0 Å². The Morgan fingerprint density at radius 2 is 2.32 bits per heavy atom. The third-order valence-electron chi connectivity index (χ3n) is 3.72. The number of nitrogens with zero attached hydrogens (tertiary/aromatic N) is 5. The minimum absolute atomic E-state index is 0.00914. The second-order valence-corrected chi connectivity index (χ2v) is 6.02. The summed E-state index contributed by atoms with van der Waals surface area (Å²) in [6, 6.07) is 0. The molecule has 0 spiro atoms. The molecule has 0 radical (unpaired) electrons. The van der Waals surface area contributed by atoms with Crippen LogP contribution >= 0.6 is 11.3 Å². The fourth-order valence-corrected chi connectivity index (χ4v) is 3.45. The second-order valence-electron chi connectivity index (χ2n) is 5.13. The van der Waals surface area contributed by atoms with E-state index in [0.29, 0.717) is 6.61 Å². The maximum absolute atomic E-state index is 5.89. The third-order valence-corrected chi connectivity index (χ3v) is 4.71. The van der Waals surface area contributed by atoms with Gasteiger partial charge in [0.1, 0.15) is 11.1 Å². The van der Waals surface area contributed by atoms with Crippen molar-refractivity contribution in [2.75, 3.05) is 19.7 Å². The van der Waals surface area contributed by atoms with Crippen LogP contribution in [0.1, 0.15) is 23.7 Å². The van der Waals surface area contributed by atoms with Crippen molar-refractivity contribution in [1.82, 2.24) is 26.1 Å². The van der Waals surface area contributed by atoms with Crippen molar-refractivity contribution in [1.29, 1.82) is 0 Å². The molecule has 1 aromatic rings. The smallest absolute Gasteiger partial charge is 0.189 e. The molecule has 1 aromatic heterocycles. The van der Waals surface area contributed by atoms with E-state index in [4.69, 9.17) is 4.74 Å². The topological polar surface area (TPSA) is 77.4 Å². The van der Waals surface area contributed by atoms with Gasteiger partial charge in [0.15, 0.2) is 11.7 Å². The molecular weight excluding hydrogens is 302 g/mol. The van der Waals surface area contributed by atoms with Gasteiger partial charge < -0.3 is 9.64 Å². The molecule has 0 saturated carbocycles. The summed E-state index contributed by atoms with van der Waals surface area (Å²) in [7, 11) is 0. The number of nitrogens with one attached hydrogen (secondary N) is 2. The number of fused-ring (bicyclic) bond motifs is 1. The van der Waals surface area contributed by atoms with Crippen LogP contribution in [0.4, 0.5) is 0 Å². The summed E-state index contributed by atoms with van der Waals surface area (Å²) in [5.41, 5.74) is 6.67. The minimum atomic E-state index is 0.00914. The summed E-state index contributed by atoms with van der Waals surface area (Å²) in [6.45, 7) is 4.36. The second kappa shape index (κ2) is 5.67. The monoisotopic (exact) mass is 319 g/mol. The molecule has 2 N–H and O–H groups in total. The lowest BCUT2D eigenvalue weighted by molar-refractivity contribution is -0.00728. The predicted octanol–water partition coefficient (Wildman–Crippen LogP) is 0.600. The summed E-state index contributed by atoms with van der Waals surface area (Å²) >= 11 is 1.67. The first kappa shape index (κ1) is 13.7. The lowest BCUT2D eigenvalue weighted by atomic mass is 10.2. The van der Waals surface area contributed by atoms with Crippen LogP contribution in [0.5, 0.6) is 0 Å². The highest BCUT2D eigenvalue weighted by molar-refractivity contribution is 7.09. The van der Waals surface area contributed by atoms with Gasteiger partial charge in [-0.15, -0.1) is 27.1 Å². The van der Waals surface area contributed by atoms with Crippen molar-refractivity contribution < 1.29 is 4.74 Å². The standard InChI is InChI=1S/C13H17N7OS/c1-2-9-8-22-13(14-9)10-7-19(5-6-21-10)12-4-3-11-15-17-18-20(11)16-12/h3-4,8,10,17-18H,2,5-7H2,1H3. The molecule has 0 amide bonds. The Morgan fingerprint density at radius 1 is 1.41 bits per heavy atom. The zero-order valence-electron chi connectivity index (χ0n) is 12.2. The van der Waals surface area contributed by atoms with E-state index >= 15 is 0 Å². The summed E-state index contributed by atoms with van der Waals surface area (Å²) in [5, 5.41) is 13.4. The Balaban J connectivity index is 1.49. The molecule has 4 rings (SSSR count). The molecule has 9 heteroatoms. The highest BCUT2D eigenvalue weighted by Gasteiger charge is 2.28. The number of amidine groups is 2. The van der Waals surface area contributed by atoms with Crippen LogP contribution in [0.3, 0.4) is 0 Å². The number of rotatable bonds is 2. The maximum atomic E-state index is 5.89. The van der Waals surface area contributed by atoms with Crippen LogP contribution in [0, 0.1) is 0 Å². The minimum Gasteiger partial charge on any atom is -0.367 e. The first-order chi connectivity index (χ1) is 10.8. The highest BCUT2D eigenvalue weighted by atomic mass is 32.1. The Bertz CT molecular complexity index is 653. The number of aryl methyl sites for hydroxylation is 1. The summed E-state index contributed by atoms with van der Waals surface area (Å²) in [5.74, 6) is 1.65. The van der Waals surface area contributed by atoms with E-state index in [1.165, 1.54) is 0 Å². The number of morpholine rings is 1. The SMILES string of the molecule is CCc1csc(C2CN(C3=NN4NNN=C4C=C3)CCO2)n1. The predicted molar refractivity (Wildman–Crippen MR) is 83.9 cm³/mol. The number of hydrogen-bond acceptors (Lipinski definition) is 9. The number of hydrazine groups is 2. The van der Waals surface area contributed by atoms with Gasteiger partial charge in [-0.1, -0.05) is 6.92 Å². The largest absolute Gasteiger partial charge is 0.367 e. The molecule has 3 aliphatic heterocycles. The van der Waals surface area contributed by atoms with Gasteiger partial charge in [-0.25, -0.2) is 10.5 Å². The van der Waals surface area contributed by atoms with Crippen LogP contribution in [-0.4, -0.2) is 46.4 Å². The summed E-state index contributed by atoms with van der Waals surface area (Å²) < 4.78 is 5.89. The van der Waals surface area contributed by atoms with E-state index in [1.54, 1.807) is 16.5 Å². The van der Waals surface area contributed by atoms with E-state index in [2.05, 4.69) is 43.5 Å². The molecular formula is C13H17N7OS. The molecule has 0 aromatic carbocycles. The fourth-order valence-electron chi connectivity index (χ4n) is 2.51. The lowest BCUT2D eigenvalue weighted by Gasteiger charge is -2.34. The van der Waals surface area contributed by atoms with Gasteiger partial charge in [-0.05, 0) is 18.6 Å². The Morgan fingerprint density at radius 3 is 3.18 bits per heavy atom. The van der Waals surface area contributed by atoms with Crippen LogP contribution in [-0.2, 0) is 11.2 Å². The van der Waals surface area contributed by atoms with Crippen LogP contribution in [0.15, 0.2) is 27.7 Å². The van der Waals surface area contributed by atoms with Gasteiger partial charge >= 0.3 is 0 Å². The quantitative estimate of drug-likeness (QED) is 0.831. The molecule has 1 fully saturated rings. The molecule has 8 nitrogen and oxygen atoms in total. The van der Waals surface area contributed by atoms with Gasteiger partial charge in [0.25, 0.3) is 0 Å². The van der Waals surface area contributed by atoms with Crippen molar-refractivity contribution in [3.8, 4) is 0 Å².